The van der Waals surface area contributed by atoms with Crippen molar-refractivity contribution in [2.45, 2.75) is 0 Å². The van der Waals surface area contributed by atoms with Crippen LogP contribution >= 0.6 is 27.5 Å². The van der Waals surface area contributed by atoms with Gasteiger partial charge in [-0.15, -0.1) is 0 Å². The van der Waals surface area contributed by atoms with Gasteiger partial charge in [-0.1, -0.05) is 39.7 Å². The van der Waals surface area contributed by atoms with Gasteiger partial charge in [0.1, 0.15) is 0 Å². The maximum absolute atomic E-state index is 11.9. The third-order valence-electron chi connectivity index (χ3n) is 2.95. The summed E-state index contributed by atoms with van der Waals surface area (Å²) < 4.78 is 0.846. The lowest BCUT2D eigenvalue weighted by molar-refractivity contribution is -0.120. The molecule has 8 heteroatoms. The molecule has 0 radical (unpaired) electrons. The summed E-state index contributed by atoms with van der Waals surface area (Å²) in [6.45, 7) is -0.280. The lowest BCUT2D eigenvalue weighted by atomic mass is 10.2. The van der Waals surface area contributed by atoms with E-state index in [2.05, 4.69) is 32.1 Å². The van der Waals surface area contributed by atoms with Crippen molar-refractivity contribution < 1.29 is 14.4 Å². The van der Waals surface area contributed by atoms with Crippen molar-refractivity contribution in [3.63, 3.8) is 0 Å². The van der Waals surface area contributed by atoms with Crippen LogP contribution in [0.3, 0.4) is 0 Å². The highest BCUT2D eigenvalue weighted by Crippen LogP contribution is 2.14. The lowest BCUT2D eigenvalue weighted by Crippen LogP contribution is -2.46. The van der Waals surface area contributed by atoms with Crippen molar-refractivity contribution >= 4 is 45.3 Å². The second-order valence-electron chi connectivity index (χ2n) is 4.67. The summed E-state index contributed by atoms with van der Waals surface area (Å²) >= 11 is 9.15. The number of benzene rings is 2. The molecule has 6 nitrogen and oxygen atoms in total. The Morgan fingerprint density at radius 3 is 2.25 bits per heavy atom. The average molecular weight is 411 g/mol. The quantitative estimate of drug-likeness (QED) is 0.676. The van der Waals surface area contributed by atoms with Gasteiger partial charge in [0.25, 0.3) is 17.7 Å². The summed E-state index contributed by atoms with van der Waals surface area (Å²) in [5.74, 6) is -1.51. The van der Waals surface area contributed by atoms with Crippen LogP contribution in [0, 0.1) is 0 Å². The molecule has 124 valence electrons. The molecule has 0 unspecified atom stereocenters. The van der Waals surface area contributed by atoms with E-state index in [-0.39, 0.29) is 17.1 Å². The van der Waals surface area contributed by atoms with E-state index in [1.54, 1.807) is 42.5 Å². The Labute approximate surface area is 151 Å². The molecule has 2 aromatic rings. The monoisotopic (exact) mass is 409 g/mol. The van der Waals surface area contributed by atoms with E-state index in [4.69, 9.17) is 11.6 Å². The van der Waals surface area contributed by atoms with E-state index >= 15 is 0 Å². The molecule has 0 atom stereocenters. The van der Waals surface area contributed by atoms with Gasteiger partial charge >= 0.3 is 0 Å². The predicted molar refractivity (Wildman–Crippen MR) is 93.5 cm³/mol. The Kier molecular flexibility index (Phi) is 6.34. The number of hydrogen-bond donors (Lipinski definition) is 3. The van der Waals surface area contributed by atoms with Crippen LogP contribution in [0.15, 0.2) is 53.0 Å². The van der Waals surface area contributed by atoms with Crippen LogP contribution in [0.1, 0.15) is 20.7 Å². The SMILES string of the molecule is O=C(CNC(=O)c1ccc(Br)cc1)NNC(=O)c1ccccc1Cl. The number of rotatable bonds is 4. The summed E-state index contributed by atoms with van der Waals surface area (Å²) in [4.78, 5) is 35.4. The molecule has 3 amide bonds. The highest BCUT2D eigenvalue weighted by Gasteiger charge is 2.11. The molecule has 3 N–H and O–H groups in total. The van der Waals surface area contributed by atoms with E-state index in [9.17, 15) is 14.4 Å². The highest BCUT2D eigenvalue weighted by molar-refractivity contribution is 9.10. The fourth-order valence-corrected chi connectivity index (χ4v) is 2.23. The Bertz CT molecular complexity index is 765. The molecule has 0 spiro atoms. The van der Waals surface area contributed by atoms with Crippen molar-refractivity contribution in [3.8, 4) is 0 Å². The third kappa shape index (κ3) is 5.07. The Morgan fingerprint density at radius 1 is 0.917 bits per heavy atom. The number of amides is 3. The first-order valence-corrected chi connectivity index (χ1v) is 8.02. The van der Waals surface area contributed by atoms with Crippen LogP contribution in [0.2, 0.25) is 5.02 Å². The fraction of sp³-hybridized carbons (Fsp3) is 0.0625. The van der Waals surface area contributed by atoms with E-state index in [0.717, 1.165) is 4.47 Å². The van der Waals surface area contributed by atoms with Crippen LogP contribution in [-0.2, 0) is 4.79 Å². The first-order chi connectivity index (χ1) is 11.5. The number of carbonyl (C=O) groups is 3. The smallest absolute Gasteiger partial charge is 0.271 e. The lowest BCUT2D eigenvalue weighted by Gasteiger charge is -2.09. The van der Waals surface area contributed by atoms with Gasteiger partial charge in [-0.25, -0.2) is 0 Å². The van der Waals surface area contributed by atoms with Gasteiger partial charge in [-0.3, -0.25) is 25.2 Å². The minimum Gasteiger partial charge on any atom is -0.343 e. The van der Waals surface area contributed by atoms with Crippen LogP contribution in [0.4, 0.5) is 0 Å². The van der Waals surface area contributed by atoms with Crippen molar-refractivity contribution in [2.75, 3.05) is 6.54 Å². The average Bonchev–Trinajstić information content (AvgIpc) is 2.58. The Hall–Kier alpha value is -2.38. The number of hydrogen-bond acceptors (Lipinski definition) is 3. The molecule has 0 saturated heterocycles. The Balaban J connectivity index is 1.79. The third-order valence-corrected chi connectivity index (χ3v) is 3.81. The van der Waals surface area contributed by atoms with Gasteiger partial charge in [0.15, 0.2) is 0 Å². The molecule has 0 aliphatic heterocycles. The van der Waals surface area contributed by atoms with Crippen LogP contribution in [-0.4, -0.2) is 24.3 Å². The van der Waals surface area contributed by atoms with E-state index in [0.29, 0.717) is 5.56 Å². The molecular weight excluding hydrogens is 398 g/mol. The van der Waals surface area contributed by atoms with Gasteiger partial charge in [-0.2, -0.15) is 0 Å². The second-order valence-corrected chi connectivity index (χ2v) is 5.99. The normalized spacial score (nSPS) is 9.92. The minimum absolute atomic E-state index is 0.235. The topological polar surface area (TPSA) is 87.3 Å². The van der Waals surface area contributed by atoms with Gasteiger partial charge < -0.3 is 5.32 Å². The first-order valence-electron chi connectivity index (χ1n) is 6.85. The minimum atomic E-state index is -0.569. The molecule has 2 rings (SSSR count). The number of hydrazine groups is 1. The highest BCUT2D eigenvalue weighted by atomic mass is 79.9. The zero-order chi connectivity index (χ0) is 17.5. The zero-order valence-corrected chi connectivity index (χ0v) is 14.6. The standard InChI is InChI=1S/C16H13BrClN3O3/c17-11-7-5-10(6-8-11)15(23)19-9-14(22)20-21-16(24)12-3-1-2-4-13(12)18/h1-8H,9H2,(H,19,23)(H,20,22)(H,21,24). The van der Waals surface area contributed by atoms with Crippen molar-refractivity contribution in [1.82, 2.24) is 16.2 Å². The summed E-state index contributed by atoms with van der Waals surface area (Å²) in [5, 5.41) is 2.72. The molecule has 0 saturated carbocycles. The molecule has 0 aliphatic rings. The van der Waals surface area contributed by atoms with Gasteiger partial charge in [0, 0.05) is 10.0 Å². The van der Waals surface area contributed by atoms with Crippen molar-refractivity contribution in [3.05, 3.63) is 69.2 Å². The van der Waals surface area contributed by atoms with Gasteiger partial charge in [0.2, 0.25) is 0 Å². The molecular formula is C16H13BrClN3O3. The molecule has 0 aromatic heterocycles. The maximum atomic E-state index is 11.9. The maximum Gasteiger partial charge on any atom is 0.271 e. The predicted octanol–water partition coefficient (Wildman–Crippen LogP) is 2.29. The first kappa shape index (κ1) is 18.0. The van der Waals surface area contributed by atoms with Crippen LogP contribution in [0.5, 0.6) is 0 Å². The molecule has 0 aliphatic carbocycles. The molecule has 0 fully saturated rings. The van der Waals surface area contributed by atoms with E-state index < -0.39 is 17.7 Å². The summed E-state index contributed by atoms with van der Waals surface area (Å²) in [6.07, 6.45) is 0. The molecule has 2 aromatic carbocycles. The largest absolute Gasteiger partial charge is 0.343 e. The molecule has 0 heterocycles. The zero-order valence-electron chi connectivity index (χ0n) is 12.3. The van der Waals surface area contributed by atoms with E-state index in [1.807, 2.05) is 0 Å². The molecule has 24 heavy (non-hydrogen) atoms. The molecule has 0 bridgehead atoms. The summed E-state index contributed by atoms with van der Waals surface area (Å²) in [5.41, 5.74) is 5.09. The van der Waals surface area contributed by atoms with E-state index in [1.165, 1.54) is 6.07 Å². The van der Waals surface area contributed by atoms with Crippen molar-refractivity contribution in [1.29, 1.82) is 0 Å². The van der Waals surface area contributed by atoms with Crippen molar-refractivity contribution in [2.24, 2.45) is 0 Å². The fourth-order valence-electron chi connectivity index (χ4n) is 1.75. The van der Waals surface area contributed by atoms with Crippen LogP contribution in [0.25, 0.3) is 0 Å². The Morgan fingerprint density at radius 2 is 1.58 bits per heavy atom. The summed E-state index contributed by atoms with van der Waals surface area (Å²) in [7, 11) is 0. The van der Waals surface area contributed by atoms with Gasteiger partial charge in [0.05, 0.1) is 17.1 Å². The second kappa shape index (κ2) is 8.47. The number of halogens is 2. The number of carbonyl (C=O) groups excluding carboxylic acids is 3. The van der Waals surface area contributed by atoms with Gasteiger partial charge in [-0.05, 0) is 36.4 Å². The summed E-state index contributed by atoms with van der Waals surface area (Å²) in [6, 6.07) is 13.1. The van der Waals surface area contributed by atoms with Crippen LogP contribution < -0.4 is 16.2 Å². The number of nitrogens with one attached hydrogen (secondary N) is 3.